The van der Waals surface area contributed by atoms with Crippen molar-refractivity contribution in [3.05, 3.63) is 74.4 Å². The van der Waals surface area contributed by atoms with Crippen molar-refractivity contribution in [2.75, 3.05) is 12.4 Å². The Morgan fingerprint density at radius 1 is 1.03 bits per heavy atom. The molecule has 3 rings (SSSR count). The summed E-state index contributed by atoms with van der Waals surface area (Å²) in [6.45, 7) is 3.46. The number of benzene rings is 2. The molecule has 0 atom stereocenters. The van der Waals surface area contributed by atoms with Crippen LogP contribution in [0, 0.1) is 6.92 Å². The summed E-state index contributed by atoms with van der Waals surface area (Å²) in [5, 5.41) is 5.67. The summed E-state index contributed by atoms with van der Waals surface area (Å²) < 4.78 is 2.39. The Labute approximate surface area is 166 Å². The van der Waals surface area contributed by atoms with Gasteiger partial charge >= 0.3 is 5.69 Å². The average Bonchev–Trinajstić information content (AvgIpc) is 2.72. The first-order valence-electron chi connectivity index (χ1n) is 9.22. The first kappa shape index (κ1) is 20.1. The molecule has 0 fully saturated rings. The van der Waals surface area contributed by atoms with Crippen LogP contribution in [0.2, 0.25) is 0 Å². The van der Waals surface area contributed by atoms with Crippen LogP contribution in [0.15, 0.2) is 52.1 Å². The summed E-state index contributed by atoms with van der Waals surface area (Å²) in [6, 6.07) is 11.7. The first-order chi connectivity index (χ1) is 13.9. The van der Waals surface area contributed by atoms with Crippen molar-refractivity contribution in [2.45, 2.75) is 26.9 Å². The minimum Gasteiger partial charge on any atom is -0.355 e. The van der Waals surface area contributed by atoms with Gasteiger partial charge in [-0.25, -0.2) is 4.79 Å². The number of fused-ring (bicyclic) bond motifs is 1. The molecule has 0 aliphatic heterocycles. The molecule has 0 spiro atoms. The monoisotopic (exact) mass is 394 g/mol. The summed E-state index contributed by atoms with van der Waals surface area (Å²) in [7, 11) is 1.53. The lowest BCUT2D eigenvalue weighted by Crippen LogP contribution is -2.41. The molecule has 0 aliphatic rings. The molecule has 3 aromatic rings. The van der Waals surface area contributed by atoms with E-state index in [9.17, 15) is 19.2 Å². The Morgan fingerprint density at radius 3 is 2.45 bits per heavy atom. The number of aryl methyl sites for hydroxylation is 1. The standard InChI is InChI=1S/C21H22N4O4/c1-4-24-20(28)15-7-5-6-8-17(15)25(21(24)29)12-18(26)23-16-11-14(19(27)22-3)10-9-13(16)2/h5-11H,4,12H2,1-3H3,(H,22,27)(H,23,26). The van der Waals surface area contributed by atoms with Crippen molar-refractivity contribution < 1.29 is 9.59 Å². The fraction of sp³-hybridized carbons (Fsp3) is 0.238. The van der Waals surface area contributed by atoms with Crippen LogP contribution in [0.5, 0.6) is 0 Å². The van der Waals surface area contributed by atoms with Crippen LogP contribution in [0.3, 0.4) is 0 Å². The van der Waals surface area contributed by atoms with Crippen molar-refractivity contribution in [1.29, 1.82) is 0 Å². The maximum absolute atomic E-state index is 12.8. The number of nitrogens with zero attached hydrogens (tertiary/aromatic N) is 2. The summed E-state index contributed by atoms with van der Waals surface area (Å²) in [5.74, 6) is -0.701. The van der Waals surface area contributed by atoms with Crippen LogP contribution in [0.25, 0.3) is 10.9 Å². The molecule has 0 aliphatic carbocycles. The van der Waals surface area contributed by atoms with Crippen molar-refractivity contribution in [3.63, 3.8) is 0 Å². The third kappa shape index (κ3) is 3.82. The van der Waals surface area contributed by atoms with Gasteiger partial charge in [-0.1, -0.05) is 18.2 Å². The van der Waals surface area contributed by atoms with Gasteiger partial charge in [0, 0.05) is 24.8 Å². The molecule has 1 aromatic heterocycles. The van der Waals surface area contributed by atoms with E-state index in [4.69, 9.17) is 0 Å². The summed E-state index contributed by atoms with van der Waals surface area (Å²) in [4.78, 5) is 49.8. The zero-order valence-corrected chi connectivity index (χ0v) is 16.5. The third-order valence-corrected chi connectivity index (χ3v) is 4.75. The fourth-order valence-corrected chi connectivity index (χ4v) is 3.18. The lowest BCUT2D eigenvalue weighted by Gasteiger charge is -2.14. The van der Waals surface area contributed by atoms with Gasteiger partial charge < -0.3 is 10.6 Å². The molecule has 2 aromatic carbocycles. The summed E-state index contributed by atoms with van der Waals surface area (Å²) in [5.41, 5.74) is 1.16. The van der Waals surface area contributed by atoms with E-state index in [1.165, 1.54) is 11.6 Å². The predicted octanol–water partition coefficient (Wildman–Crippen LogP) is 1.49. The van der Waals surface area contributed by atoms with Crippen LogP contribution >= 0.6 is 0 Å². The Bertz CT molecular complexity index is 1220. The molecule has 150 valence electrons. The normalized spacial score (nSPS) is 10.7. The van der Waals surface area contributed by atoms with Gasteiger partial charge in [-0.15, -0.1) is 0 Å². The third-order valence-electron chi connectivity index (χ3n) is 4.75. The van der Waals surface area contributed by atoms with Gasteiger partial charge in [0.25, 0.3) is 11.5 Å². The largest absolute Gasteiger partial charge is 0.355 e. The van der Waals surface area contributed by atoms with E-state index >= 15 is 0 Å². The molecule has 29 heavy (non-hydrogen) atoms. The van der Waals surface area contributed by atoms with Gasteiger partial charge in [-0.2, -0.15) is 0 Å². The second kappa shape index (κ2) is 8.14. The number of hydrogen-bond donors (Lipinski definition) is 2. The molecule has 1 heterocycles. The van der Waals surface area contributed by atoms with Crippen LogP contribution in [0.4, 0.5) is 5.69 Å². The first-order valence-corrected chi connectivity index (χ1v) is 9.22. The smallest absolute Gasteiger partial charge is 0.331 e. The fourth-order valence-electron chi connectivity index (χ4n) is 3.18. The molecule has 0 bridgehead atoms. The second-order valence-corrected chi connectivity index (χ2v) is 6.59. The molecule has 8 nitrogen and oxygen atoms in total. The molecule has 2 amide bonds. The van der Waals surface area contributed by atoms with Crippen molar-refractivity contribution in [2.24, 2.45) is 0 Å². The van der Waals surface area contributed by atoms with Crippen LogP contribution in [-0.4, -0.2) is 28.0 Å². The van der Waals surface area contributed by atoms with Crippen LogP contribution in [0.1, 0.15) is 22.8 Å². The van der Waals surface area contributed by atoms with E-state index in [0.29, 0.717) is 22.2 Å². The molecular weight excluding hydrogens is 372 g/mol. The van der Waals surface area contributed by atoms with E-state index in [-0.39, 0.29) is 24.6 Å². The molecule has 2 N–H and O–H groups in total. The maximum atomic E-state index is 12.8. The van der Waals surface area contributed by atoms with Crippen LogP contribution in [-0.2, 0) is 17.9 Å². The zero-order valence-electron chi connectivity index (χ0n) is 16.5. The highest BCUT2D eigenvalue weighted by molar-refractivity contribution is 5.97. The summed E-state index contributed by atoms with van der Waals surface area (Å²) in [6.07, 6.45) is 0. The summed E-state index contributed by atoms with van der Waals surface area (Å²) >= 11 is 0. The lowest BCUT2D eigenvalue weighted by molar-refractivity contribution is -0.116. The zero-order chi connectivity index (χ0) is 21.1. The molecule has 0 saturated heterocycles. The van der Waals surface area contributed by atoms with E-state index in [1.807, 2.05) is 6.92 Å². The quantitative estimate of drug-likeness (QED) is 0.684. The predicted molar refractivity (Wildman–Crippen MR) is 111 cm³/mol. The number of rotatable bonds is 5. The van der Waals surface area contributed by atoms with E-state index < -0.39 is 11.6 Å². The number of para-hydroxylation sites is 1. The number of carbonyl (C=O) groups excluding carboxylic acids is 2. The number of anilines is 1. The van der Waals surface area contributed by atoms with Gasteiger partial charge in [0.2, 0.25) is 5.91 Å². The van der Waals surface area contributed by atoms with Gasteiger partial charge in [0.15, 0.2) is 0 Å². The number of amides is 2. The number of aromatic nitrogens is 2. The van der Waals surface area contributed by atoms with Crippen molar-refractivity contribution >= 4 is 28.4 Å². The molecular formula is C21H22N4O4. The lowest BCUT2D eigenvalue weighted by atomic mass is 10.1. The molecule has 0 radical (unpaired) electrons. The van der Waals surface area contributed by atoms with E-state index in [2.05, 4.69) is 10.6 Å². The van der Waals surface area contributed by atoms with Gasteiger partial charge in [-0.05, 0) is 43.7 Å². The van der Waals surface area contributed by atoms with E-state index in [1.54, 1.807) is 49.4 Å². The second-order valence-electron chi connectivity index (χ2n) is 6.59. The highest BCUT2D eigenvalue weighted by atomic mass is 16.2. The molecule has 0 unspecified atom stereocenters. The SMILES string of the molecule is CCn1c(=O)c2ccccc2n(CC(=O)Nc2cc(C(=O)NC)ccc2C)c1=O. The van der Waals surface area contributed by atoms with Crippen molar-refractivity contribution in [3.8, 4) is 0 Å². The van der Waals surface area contributed by atoms with Gasteiger partial charge in [-0.3, -0.25) is 23.5 Å². The minimum atomic E-state index is -0.540. The number of nitrogens with one attached hydrogen (secondary N) is 2. The Balaban J connectivity index is 1.99. The van der Waals surface area contributed by atoms with Crippen LogP contribution < -0.4 is 21.9 Å². The maximum Gasteiger partial charge on any atom is 0.331 e. The van der Waals surface area contributed by atoms with Gasteiger partial charge in [0.1, 0.15) is 6.54 Å². The Morgan fingerprint density at radius 2 is 1.76 bits per heavy atom. The number of hydrogen-bond acceptors (Lipinski definition) is 4. The number of carbonyl (C=O) groups is 2. The molecule has 8 heteroatoms. The van der Waals surface area contributed by atoms with E-state index in [0.717, 1.165) is 10.1 Å². The average molecular weight is 394 g/mol. The molecule has 0 saturated carbocycles. The highest BCUT2D eigenvalue weighted by Crippen LogP contribution is 2.17. The highest BCUT2D eigenvalue weighted by Gasteiger charge is 2.15. The van der Waals surface area contributed by atoms with Crippen molar-refractivity contribution in [1.82, 2.24) is 14.5 Å². The Hall–Kier alpha value is -3.68. The Kier molecular flexibility index (Phi) is 5.63. The van der Waals surface area contributed by atoms with Gasteiger partial charge in [0.05, 0.1) is 10.9 Å². The minimum absolute atomic E-state index is 0.206. The topological polar surface area (TPSA) is 102 Å².